The van der Waals surface area contributed by atoms with Gasteiger partial charge < -0.3 is 10.7 Å². The Hall–Kier alpha value is -2.08. The molecule has 0 radical (unpaired) electrons. The van der Waals surface area contributed by atoms with E-state index in [1.807, 2.05) is 18.4 Å². The minimum atomic E-state index is -0.136. The monoisotopic (exact) mass is 260 g/mol. The molecule has 3 rings (SSSR count). The summed E-state index contributed by atoms with van der Waals surface area (Å²) in [4.78, 5) is 19.1. The summed E-state index contributed by atoms with van der Waals surface area (Å²) in [6.45, 7) is 2.41. The lowest BCUT2D eigenvalue weighted by Crippen LogP contribution is -2.17. The number of hydrogen-bond acceptors (Lipinski definition) is 4. The fraction of sp³-hybridized carbons (Fsp3) is 0.167. The van der Waals surface area contributed by atoms with Gasteiger partial charge in [0.25, 0.3) is 0 Å². The van der Waals surface area contributed by atoms with Gasteiger partial charge in [0.1, 0.15) is 5.01 Å². The van der Waals surface area contributed by atoms with Crippen LogP contribution in [-0.4, -0.2) is 14.5 Å². The summed E-state index contributed by atoms with van der Waals surface area (Å²) < 4.78 is 1.66. The van der Waals surface area contributed by atoms with Crippen molar-refractivity contribution in [3.8, 4) is 0 Å². The fourth-order valence-electron chi connectivity index (χ4n) is 1.94. The van der Waals surface area contributed by atoms with Crippen LogP contribution in [0.5, 0.6) is 0 Å². The molecule has 92 valence electrons. The lowest BCUT2D eigenvalue weighted by Gasteiger charge is -2.00. The number of anilines is 1. The molecule has 2 aromatic heterocycles. The number of nitrogens with two attached hydrogens (primary N) is 1. The Morgan fingerprint density at radius 3 is 3.06 bits per heavy atom. The van der Waals surface area contributed by atoms with Crippen LogP contribution >= 0.6 is 11.3 Å². The molecule has 0 unspecified atom stereocenters. The number of rotatable bonds is 2. The van der Waals surface area contributed by atoms with Crippen LogP contribution in [0.1, 0.15) is 10.7 Å². The average Bonchev–Trinajstić information content (AvgIpc) is 2.86. The van der Waals surface area contributed by atoms with Gasteiger partial charge in [-0.2, -0.15) is 0 Å². The summed E-state index contributed by atoms with van der Waals surface area (Å²) in [5, 5.41) is 2.89. The number of aromatic nitrogens is 3. The maximum absolute atomic E-state index is 11.9. The number of benzene rings is 1. The normalized spacial score (nSPS) is 11.2. The van der Waals surface area contributed by atoms with Crippen LogP contribution in [0, 0.1) is 6.92 Å². The molecule has 2 heterocycles. The van der Waals surface area contributed by atoms with Crippen molar-refractivity contribution in [2.45, 2.75) is 13.5 Å². The van der Waals surface area contributed by atoms with E-state index in [1.54, 1.807) is 28.0 Å². The van der Waals surface area contributed by atoms with Gasteiger partial charge in [-0.3, -0.25) is 4.57 Å². The average molecular weight is 260 g/mol. The summed E-state index contributed by atoms with van der Waals surface area (Å²) in [5.74, 6) is 0. The molecule has 0 amide bonds. The van der Waals surface area contributed by atoms with Crippen molar-refractivity contribution in [1.29, 1.82) is 0 Å². The minimum absolute atomic E-state index is 0.136. The summed E-state index contributed by atoms with van der Waals surface area (Å²) in [5.41, 5.74) is 8.85. The Bertz CT molecular complexity index is 768. The van der Waals surface area contributed by atoms with Crippen molar-refractivity contribution in [2.75, 3.05) is 5.73 Å². The lowest BCUT2D eigenvalue weighted by molar-refractivity contribution is 0.778. The third-order valence-electron chi connectivity index (χ3n) is 2.76. The van der Waals surface area contributed by atoms with Crippen molar-refractivity contribution < 1.29 is 0 Å². The second-order valence-corrected chi connectivity index (χ2v) is 5.12. The molecule has 0 bridgehead atoms. The van der Waals surface area contributed by atoms with Gasteiger partial charge in [-0.15, -0.1) is 11.3 Å². The zero-order chi connectivity index (χ0) is 12.7. The van der Waals surface area contributed by atoms with E-state index < -0.39 is 0 Å². The summed E-state index contributed by atoms with van der Waals surface area (Å²) in [6, 6.07) is 5.39. The molecule has 0 aliphatic carbocycles. The number of aromatic amines is 1. The van der Waals surface area contributed by atoms with Crippen LogP contribution in [0.4, 0.5) is 5.69 Å². The van der Waals surface area contributed by atoms with Crippen LogP contribution in [0.25, 0.3) is 11.0 Å². The van der Waals surface area contributed by atoms with Gasteiger partial charge in [0, 0.05) is 16.8 Å². The first-order valence-electron chi connectivity index (χ1n) is 5.52. The maximum Gasteiger partial charge on any atom is 0.326 e. The Labute approximate surface area is 107 Å². The quantitative estimate of drug-likeness (QED) is 0.689. The molecule has 0 aliphatic heterocycles. The maximum atomic E-state index is 11.9. The van der Waals surface area contributed by atoms with Gasteiger partial charge in [-0.1, -0.05) is 0 Å². The number of hydrogen-bond donors (Lipinski definition) is 2. The second-order valence-electron chi connectivity index (χ2n) is 4.18. The molecule has 18 heavy (non-hydrogen) atoms. The van der Waals surface area contributed by atoms with Gasteiger partial charge in [-0.05, 0) is 25.1 Å². The molecule has 0 spiro atoms. The predicted octanol–water partition coefficient (Wildman–Crippen LogP) is 1.73. The molecule has 3 N–H and O–H groups in total. The van der Waals surface area contributed by atoms with E-state index in [0.717, 1.165) is 21.7 Å². The van der Waals surface area contributed by atoms with E-state index in [1.165, 1.54) is 0 Å². The molecule has 0 fully saturated rings. The van der Waals surface area contributed by atoms with Crippen molar-refractivity contribution in [3.63, 3.8) is 0 Å². The van der Waals surface area contributed by atoms with Crippen LogP contribution in [-0.2, 0) is 6.54 Å². The number of nitrogen functional groups attached to an aromatic ring is 1. The Balaban J connectivity index is 2.13. The van der Waals surface area contributed by atoms with E-state index in [-0.39, 0.29) is 5.69 Å². The van der Waals surface area contributed by atoms with E-state index >= 15 is 0 Å². The summed E-state index contributed by atoms with van der Waals surface area (Å²) >= 11 is 1.55. The van der Waals surface area contributed by atoms with E-state index in [0.29, 0.717) is 12.2 Å². The Kier molecular flexibility index (Phi) is 2.45. The number of nitrogens with one attached hydrogen (secondary N) is 1. The number of thiazole rings is 1. The SMILES string of the molecule is Cc1csc(Cn2c(=O)[nH]c3ccc(N)cc32)n1. The predicted molar refractivity (Wildman–Crippen MR) is 72.9 cm³/mol. The third kappa shape index (κ3) is 1.80. The number of H-pyrrole nitrogens is 1. The molecule has 6 heteroatoms. The highest BCUT2D eigenvalue weighted by atomic mass is 32.1. The Morgan fingerprint density at radius 2 is 2.33 bits per heavy atom. The van der Waals surface area contributed by atoms with Crippen LogP contribution in [0.15, 0.2) is 28.4 Å². The molecular formula is C12H12N4OS. The molecule has 1 aromatic carbocycles. The molecule has 0 aliphatic rings. The first-order valence-corrected chi connectivity index (χ1v) is 6.40. The first-order chi connectivity index (χ1) is 8.63. The topological polar surface area (TPSA) is 76.7 Å². The van der Waals surface area contributed by atoms with Crippen molar-refractivity contribution in [2.24, 2.45) is 0 Å². The number of aryl methyl sites for hydroxylation is 1. The van der Waals surface area contributed by atoms with Crippen molar-refractivity contribution in [1.82, 2.24) is 14.5 Å². The molecule has 5 nitrogen and oxygen atoms in total. The molecule has 3 aromatic rings. The second kappa shape index (κ2) is 3.99. The summed E-state index contributed by atoms with van der Waals surface area (Å²) in [6.07, 6.45) is 0. The molecule has 0 saturated carbocycles. The highest BCUT2D eigenvalue weighted by Gasteiger charge is 2.09. The van der Waals surface area contributed by atoms with Gasteiger partial charge in [-0.25, -0.2) is 9.78 Å². The minimum Gasteiger partial charge on any atom is -0.399 e. The highest BCUT2D eigenvalue weighted by Crippen LogP contribution is 2.16. The zero-order valence-corrected chi connectivity index (χ0v) is 10.6. The smallest absolute Gasteiger partial charge is 0.326 e. The van der Waals surface area contributed by atoms with E-state index in [2.05, 4.69) is 9.97 Å². The van der Waals surface area contributed by atoms with Crippen LogP contribution in [0.2, 0.25) is 0 Å². The van der Waals surface area contributed by atoms with E-state index in [9.17, 15) is 4.79 Å². The zero-order valence-electron chi connectivity index (χ0n) is 9.80. The highest BCUT2D eigenvalue weighted by molar-refractivity contribution is 7.09. The van der Waals surface area contributed by atoms with Gasteiger partial charge in [0.15, 0.2) is 0 Å². The standard InChI is InChI=1S/C12H12N4OS/c1-7-6-18-11(14-7)5-16-10-4-8(13)2-3-9(10)15-12(16)17/h2-4,6H,5,13H2,1H3,(H,15,17). The summed E-state index contributed by atoms with van der Waals surface area (Å²) in [7, 11) is 0. The molecule has 0 atom stereocenters. The number of nitrogens with zero attached hydrogens (tertiary/aromatic N) is 2. The number of imidazole rings is 1. The van der Waals surface area contributed by atoms with Gasteiger partial charge >= 0.3 is 5.69 Å². The van der Waals surface area contributed by atoms with E-state index in [4.69, 9.17) is 5.73 Å². The first kappa shape index (κ1) is 11.0. The fourth-order valence-corrected chi connectivity index (χ4v) is 2.70. The van der Waals surface area contributed by atoms with Crippen molar-refractivity contribution in [3.05, 3.63) is 44.8 Å². The Morgan fingerprint density at radius 1 is 1.50 bits per heavy atom. The van der Waals surface area contributed by atoms with Crippen LogP contribution < -0.4 is 11.4 Å². The van der Waals surface area contributed by atoms with Gasteiger partial charge in [0.2, 0.25) is 0 Å². The molecular weight excluding hydrogens is 248 g/mol. The number of fused-ring (bicyclic) bond motifs is 1. The van der Waals surface area contributed by atoms with Crippen molar-refractivity contribution >= 4 is 28.1 Å². The third-order valence-corrected chi connectivity index (χ3v) is 3.71. The lowest BCUT2D eigenvalue weighted by atomic mass is 10.3. The molecule has 0 saturated heterocycles. The van der Waals surface area contributed by atoms with Gasteiger partial charge in [0.05, 0.1) is 17.6 Å². The van der Waals surface area contributed by atoms with Crippen LogP contribution in [0.3, 0.4) is 0 Å². The largest absolute Gasteiger partial charge is 0.399 e.